The average molecular weight is 803 g/mol. The standard InChI is InChI=1S/C43H42N6O6S2/c44-42-45-33(26-57-42)34(47-55-43(30-15-7-2-8-16-30,31-17-9-3-10-18-31)32-19-11-4-12-20-32)37(50)46-35-39(52)49-36(41(53)54)29(25-56-40(35)49)23-28-21-22-48(38(28)51)24-27-13-5-1-6-14-27/h2-4,7-12,15-20,23,26-27,35,40H,1,5-6,13-14,21-22,24-25H2,(H2,44,45)(H,46,50)(H,53,54)/t35-,40-/m1/s1. The second kappa shape index (κ2) is 16.4. The Morgan fingerprint density at radius 3 is 2.12 bits per heavy atom. The van der Waals surface area contributed by atoms with Crippen LogP contribution in [0.4, 0.5) is 5.13 Å². The lowest BCUT2D eigenvalue weighted by molar-refractivity contribution is -0.150. The lowest BCUT2D eigenvalue weighted by atomic mass is 9.80. The van der Waals surface area contributed by atoms with Crippen molar-refractivity contribution in [2.45, 2.75) is 55.5 Å². The molecule has 57 heavy (non-hydrogen) atoms. The Labute approximate surface area is 338 Å². The zero-order valence-electron chi connectivity index (χ0n) is 31.1. The van der Waals surface area contributed by atoms with E-state index < -0.39 is 34.8 Å². The van der Waals surface area contributed by atoms with Crippen LogP contribution >= 0.6 is 23.1 Å². The molecule has 3 amide bonds. The number of carboxylic acid groups (broad SMARTS) is 1. The van der Waals surface area contributed by atoms with E-state index in [0.29, 0.717) is 30.0 Å². The van der Waals surface area contributed by atoms with E-state index in [1.54, 1.807) is 11.5 Å². The normalized spacial score (nSPS) is 21.1. The third-order valence-electron chi connectivity index (χ3n) is 11.0. The fourth-order valence-electron chi connectivity index (χ4n) is 8.22. The highest BCUT2D eigenvalue weighted by Crippen LogP contribution is 2.43. The first-order valence-electron chi connectivity index (χ1n) is 19.1. The van der Waals surface area contributed by atoms with E-state index in [2.05, 4.69) is 15.5 Å². The summed E-state index contributed by atoms with van der Waals surface area (Å²) in [6, 6.07) is 27.6. The number of aliphatic carboxylic acids is 1. The average Bonchev–Trinajstić information content (AvgIpc) is 3.83. The Balaban J connectivity index is 1.07. The monoisotopic (exact) mass is 802 g/mol. The van der Waals surface area contributed by atoms with Gasteiger partial charge in [0.25, 0.3) is 11.8 Å². The van der Waals surface area contributed by atoms with Gasteiger partial charge < -0.3 is 25.9 Å². The summed E-state index contributed by atoms with van der Waals surface area (Å²) < 4.78 is 0. The summed E-state index contributed by atoms with van der Waals surface area (Å²) in [5, 5.41) is 18.8. The molecule has 292 valence electrons. The minimum Gasteiger partial charge on any atom is -0.477 e. The maximum Gasteiger partial charge on any atom is 0.352 e. The first-order valence-corrected chi connectivity index (χ1v) is 21.0. The summed E-state index contributed by atoms with van der Waals surface area (Å²) in [6.45, 7) is 1.32. The van der Waals surface area contributed by atoms with Crippen LogP contribution in [0.3, 0.4) is 0 Å². The zero-order valence-corrected chi connectivity index (χ0v) is 32.7. The molecule has 4 N–H and O–H groups in total. The highest BCUT2D eigenvalue weighted by atomic mass is 32.2. The van der Waals surface area contributed by atoms with Crippen molar-refractivity contribution in [1.82, 2.24) is 20.1 Å². The van der Waals surface area contributed by atoms with Gasteiger partial charge in [0.15, 0.2) is 10.8 Å². The quantitative estimate of drug-likeness (QED) is 0.0519. The number of aromatic nitrogens is 1. The molecule has 8 rings (SSSR count). The molecule has 1 aliphatic carbocycles. The molecule has 4 heterocycles. The highest BCUT2D eigenvalue weighted by Gasteiger charge is 2.54. The fraction of sp³-hybridized carbons (Fsp3) is 0.302. The molecular formula is C43H42N6O6S2. The van der Waals surface area contributed by atoms with Crippen molar-refractivity contribution in [2.75, 3.05) is 24.6 Å². The molecule has 3 aliphatic heterocycles. The van der Waals surface area contributed by atoms with E-state index in [1.807, 2.05) is 95.9 Å². The van der Waals surface area contributed by atoms with Gasteiger partial charge in [0.2, 0.25) is 11.5 Å². The third-order valence-corrected chi connectivity index (χ3v) is 13.0. The number of fused-ring (bicyclic) bond motifs is 1. The number of benzene rings is 3. The van der Waals surface area contributed by atoms with Gasteiger partial charge in [0.1, 0.15) is 22.8 Å². The van der Waals surface area contributed by atoms with Crippen molar-refractivity contribution >= 4 is 57.6 Å². The predicted molar refractivity (Wildman–Crippen MR) is 219 cm³/mol. The number of hydrogen-bond donors (Lipinski definition) is 3. The molecule has 3 fully saturated rings. The number of anilines is 1. The third kappa shape index (κ3) is 7.46. The largest absolute Gasteiger partial charge is 0.477 e. The highest BCUT2D eigenvalue weighted by molar-refractivity contribution is 8.00. The Morgan fingerprint density at radius 1 is 0.947 bits per heavy atom. The number of nitrogen functional groups attached to an aromatic ring is 1. The van der Waals surface area contributed by atoms with E-state index in [0.717, 1.165) is 47.4 Å². The van der Waals surface area contributed by atoms with Crippen LogP contribution in [0.5, 0.6) is 0 Å². The van der Waals surface area contributed by atoms with Crippen LogP contribution in [-0.4, -0.2) is 79.6 Å². The number of nitrogens with one attached hydrogen (secondary N) is 1. The van der Waals surface area contributed by atoms with Gasteiger partial charge in [0, 0.05) is 46.5 Å². The Kier molecular flexibility index (Phi) is 11.0. The second-order valence-corrected chi connectivity index (χ2v) is 16.6. The molecule has 14 heteroatoms. The van der Waals surface area contributed by atoms with E-state index >= 15 is 0 Å². The van der Waals surface area contributed by atoms with Crippen LogP contribution < -0.4 is 11.1 Å². The number of thiazole rings is 1. The van der Waals surface area contributed by atoms with Gasteiger partial charge in [-0.1, -0.05) is 115 Å². The summed E-state index contributed by atoms with van der Waals surface area (Å²) >= 11 is 2.45. The number of allylic oxidation sites excluding steroid dienone is 1. The minimum atomic E-state index is -1.31. The fourth-order valence-corrected chi connectivity index (χ4v) is 10.1. The van der Waals surface area contributed by atoms with Crippen LogP contribution in [0, 0.1) is 5.92 Å². The number of β-lactam (4-membered cyclic amide) rings is 1. The lowest BCUT2D eigenvalue weighted by Gasteiger charge is -2.49. The Morgan fingerprint density at radius 2 is 1.56 bits per heavy atom. The van der Waals surface area contributed by atoms with Crippen molar-refractivity contribution in [3.05, 3.63) is 142 Å². The molecule has 0 bridgehead atoms. The summed E-state index contributed by atoms with van der Waals surface area (Å²) in [7, 11) is 0. The Hall–Kier alpha value is -5.73. The summed E-state index contributed by atoms with van der Waals surface area (Å²) in [5.74, 6) is -1.94. The van der Waals surface area contributed by atoms with E-state index in [-0.39, 0.29) is 33.9 Å². The molecule has 1 saturated carbocycles. The van der Waals surface area contributed by atoms with Crippen molar-refractivity contribution in [3.8, 4) is 0 Å². The number of amides is 3. The van der Waals surface area contributed by atoms with Gasteiger partial charge in [-0.05, 0) is 36.8 Å². The number of carbonyl (C=O) groups excluding carboxylic acids is 3. The van der Waals surface area contributed by atoms with E-state index in [9.17, 15) is 24.3 Å². The SMILES string of the molecule is Nc1nc(C(=NOC(c2ccccc2)(c2ccccc2)c2ccccc2)C(=O)N[C@@H]2C(=O)N3C(C(=O)O)=C(C=C4CCN(CC5CCCCC5)C4=O)CS[C@H]23)cs1. The van der Waals surface area contributed by atoms with E-state index in [1.165, 1.54) is 35.9 Å². The molecule has 4 aromatic rings. The number of thioether (sulfide) groups is 1. The van der Waals surface area contributed by atoms with Crippen LogP contribution in [0.15, 0.2) is 124 Å². The smallest absolute Gasteiger partial charge is 0.352 e. The molecule has 2 atom stereocenters. The molecular weight excluding hydrogens is 761 g/mol. The lowest BCUT2D eigenvalue weighted by Crippen LogP contribution is -2.71. The number of oxime groups is 1. The minimum absolute atomic E-state index is 0.0717. The van der Waals surface area contributed by atoms with Crippen molar-refractivity contribution in [1.29, 1.82) is 0 Å². The number of carboxylic acids is 1. The molecule has 1 aromatic heterocycles. The van der Waals surface area contributed by atoms with Crippen molar-refractivity contribution in [2.24, 2.45) is 11.1 Å². The molecule has 0 spiro atoms. The molecule has 0 unspecified atom stereocenters. The number of nitrogens with zero attached hydrogens (tertiary/aromatic N) is 4. The number of rotatable bonds is 12. The molecule has 4 aliphatic rings. The zero-order chi connectivity index (χ0) is 39.5. The number of carbonyl (C=O) groups is 4. The number of likely N-dealkylation sites (tertiary alicyclic amines) is 1. The van der Waals surface area contributed by atoms with E-state index in [4.69, 9.17) is 10.6 Å². The maximum absolute atomic E-state index is 14.3. The van der Waals surface area contributed by atoms with Gasteiger partial charge in [-0.3, -0.25) is 19.3 Å². The first kappa shape index (κ1) is 38.2. The molecule has 3 aromatic carbocycles. The summed E-state index contributed by atoms with van der Waals surface area (Å²) in [5.41, 5.74) is 7.69. The first-order chi connectivity index (χ1) is 27.7. The van der Waals surface area contributed by atoms with Crippen molar-refractivity contribution in [3.63, 3.8) is 0 Å². The second-order valence-electron chi connectivity index (χ2n) is 14.6. The number of hydrogen-bond acceptors (Lipinski definition) is 10. The van der Waals surface area contributed by atoms with Gasteiger partial charge in [-0.25, -0.2) is 9.78 Å². The van der Waals surface area contributed by atoms with Gasteiger partial charge in [-0.15, -0.1) is 23.1 Å². The number of nitrogens with two attached hydrogens (primary N) is 1. The molecule has 12 nitrogen and oxygen atoms in total. The van der Waals surface area contributed by atoms with Crippen LogP contribution in [0.25, 0.3) is 0 Å². The Bertz CT molecular complexity index is 2160. The van der Waals surface area contributed by atoms with Gasteiger partial charge in [-0.2, -0.15) is 0 Å². The predicted octanol–water partition coefficient (Wildman–Crippen LogP) is 5.92. The van der Waals surface area contributed by atoms with Crippen LogP contribution in [0.1, 0.15) is 60.9 Å². The maximum atomic E-state index is 14.3. The summed E-state index contributed by atoms with van der Waals surface area (Å²) in [6.07, 6.45) is 8.04. The molecule has 2 saturated heterocycles. The van der Waals surface area contributed by atoms with Crippen molar-refractivity contribution < 1.29 is 29.1 Å². The van der Waals surface area contributed by atoms with Crippen LogP contribution in [-0.2, 0) is 29.6 Å². The van der Waals surface area contributed by atoms with Gasteiger partial charge >= 0.3 is 5.97 Å². The summed E-state index contributed by atoms with van der Waals surface area (Å²) in [4.78, 5) is 68.2. The topological polar surface area (TPSA) is 168 Å². The van der Waals surface area contributed by atoms with Crippen LogP contribution in [0.2, 0.25) is 0 Å². The molecule has 0 radical (unpaired) electrons. The van der Waals surface area contributed by atoms with Gasteiger partial charge in [0.05, 0.1) is 0 Å².